The van der Waals surface area contributed by atoms with Crippen LogP contribution in [-0.4, -0.2) is 30.7 Å². The molecular weight excluding hydrogens is 247 g/mol. The van der Waals surface area contributed by atoms with E-state index in [1.54, 1.807) is 35.8 Å². The molecule has 0 aliphatic carbocycles. The molecule has 0 radical (unpaired) electrons. The second-order valence-electron chi connectivity index (χ2n) is 3.21. The maximum Gasteiger partial charge on any atom is 0.105 e. The fourth-order valence-corrected chi connectivity index (χ4v) is 1.75. The molecule has 4 nitrogen and oxygen atoms in total. The Labute approximate surface area is 104 Å². The van der Waals surface area contributed by atoms with Crippen molar-refractivity contribution in [3.05, 3.63) is 33.8 Å². The van der Waals surface area contributed by atoms with Crippen molar-refractivity contribution in [3.63, 3.8) is 0 Å². The minimum absolute atomic E-state index is 0.577. The molecule has 6 heteroatoms. The molecule has 0 aromatic heterocycles. The molecule has 0 fully saturated rings. The molecule has 2 rings (SSSR count). The first-order chi connectivity index (χ1) is 7.77. The second kappa shape index (κ2) is 5.18. The minimum atomic E-state index is 0.577. The number of hydrogen-bond acceptors (Lipinski definition) is 4. The summed E-state index contributed by atoms with van der Waals surface area (Å²) < 4.78 is 0. The van der Waals surface area contributed by atoms with Crippen molar-refractivity contribution in [2.75, 3.05) is 13.1 Å². The highest BCUT2D eigenvalue weighted by Gasteiger charge is 2.04. The van der Waals surface area contributed by atoms with Crippen LogP contribution in [0.2, 0.25) is 10.0 Å². The minimum Gasteiger partial charge on any atom is -0.272 e. The third-order valence-electron chi connectivity index (χ3n) is 2.07. The van der Waals surface area contributed by atoms with Gasteiger partial charge in [-0.1, -0.05) is 29.3 Å². The van der Waals surface area contributed by atoms with Crippen LogP contribution in [0.15, 0.2) is 28.3 Å². The Bertz CT molecular complexity index is 411. The second-order valence-corrected chi connectivity index (χ2v) is 4.02. The monoisotopic (exact) mass is 256 g/mol. The molecule has 0 amide bonds. The van der Waals surface area contributed by atoms with Gasteiger partial charge in [-0.15, -0.1) is 0 Å². The number of rotatable bonds is 3. The summed E-state index contributed by atoms with van der Waals surface area (Å²) in [5, 5.41) is 6.97. The van der Waals surface area contributed by atoms with Crippen LogP contribution in [0.1, 0.15) is 5.56 Å². The topological polar surface area (TPSA) is 40.0 Å². The number of hydrogen-bond donors (Lipinski definition) is 1. The van der Waals surface area contributed by atoms with Crippen LogP contribution < -0.4 is 5.53 Å². The van der Waals surface area contributed by atoms with Crippen molar-refractivity contribution >= 4 is 35.8 Å². The molecule has 0 saturated carbocycles. The number of hydrazine groups is 1. The quantitative estimate of drug-likeness (QED) is 0.666. The van der Waals surface area contributed by atoms with Crippen LogP contribution in [0.4, 0.5) is 0 Å². The standard InChI is InChI=1S/C10H10Cl2N4/c11-9-2-1-3-10(12)8(9)6-14-15-16-5-4-13-7-16/h1-3,6-7,15H,4-5H2/b14-6+. The van der Waals surface area contributed by atoms with Gasteiger partial charge >= 0.3 is 0 Å². The van der Waals surface area contributed by atoms with E-state index in [1.165, 1.54) is 0 Å². The van der Waals surface area contributed by atoms with Crippen molar-refractivity contribution in [1.82, 2.24) is 10.5 Å². The average molecular weight is 257 g/mol. The van der Waals surface area contributed by atoms with Crippen LogP contribution in [0, 0.1) is 0 Å². The van der Waals surface area contributed by atoms with Crippen LogP contribution in [0.25, 0.3) is 0 Å². The summed E-state index contributed by atoms with van der Waals surface area (Å²) in [6, 6.07) is 5.33. The van der Waals surface area contributed by atoms with Gasteiger partial charge in [0.05, 0.1) is 29.3 Å². The molecule has 0 bridgehead atoms. The molecular formula is C10H10Cl2N4. The van der Waals surface area contributed by atoms with Crippen molar-refractivity contribution in [2.24, 2.45) is 10.1 Å². The molecule has 1 aromatic rings. The summed E-state index contributed by atoms with van der Waals surface area (Å²) in [4.78, 5) is 4.04. The predicted octanol–water partition coefficient (Wildman–Crippen LogP) is 2.18. The zero-order chi connectivity index (χ0) is 11.4. The highest BCUT2D eigenvalue weighted by Crippen LogP contribution is 2.21. The number of benzene rings is 1. The first kappa shape index (κ1) is 11.2. The molecule has 1 aromatic carbocycles. The lowest BCUT2D eigenvalue weighted by Crippen LogP contribution is -2.31. The summed E-state index contributed by atoms with van der Waals surface area (Å²) in [5.74, 6) is 0. The van der Waals surface area contributed by atoms with Gasteiger partial charge in [-0.2, -0.15) is 5.10 Å². The summed E-state index contributed by atoms with van der Waals surface area (Å²) in [5.41, 5.74) is 3.52. The van der Waals surface area contributed by atoms with Gasteiger partial charge in [0.25, 0.3) is 0 Å². The first-order valence-electron chi connectivity index (χ1n) is 4.76. The third-order valence-corrected chi connectivity index (χ3v) is 2.73. The molecule has 1 aliphatic heterocycles. The van der Waals surface area contributed by atoms with E-state index in [0.29, 0.717) is 15.6 Å². The highest BCUT2D eigenvalue weighted by molar-refractivity contribution is 6.38. The van der Waals surface area contributed by atoms with Gasteiger partial charge in [0.2, 0.25) is 0 Å². The fraction of sp³-hybridized carbons (Fsp3) is 0.200. The fourth-order valence-electron chi connectivity index (χ4n) is 1.26. The van der Waals surface area contributed by atoms with E-state index >= 15 is 0 Å². The van der Waals surface area contributed by atoms with Crippen molar-refractivity contribution in [2.45, 2.75) is 0 Å². The molecule has 16 heavy (non-hydrogen) atoms. The van der Waals surface area contributed by atoms with Gasteiger partial charge in [-0.3, -0.25) is 10.0 Å². The molecule has 0 unspecified atom stereocenters. The van der Waals surface area contributed by atoms with E-state index in [9.17, 15) is 0 Å². The molecule has 0 saturated heterocycles. The zero-order valence-electron chi connectivity index (χ0n) is 8.40. The Morgan fingerprint density at radius 1 is 1.38 bits per heavy atom. The molecule has 0 spiro atoms. The first-order valence-corrected chi connectivity index (χ1v) is 5.52. The normalized spacial score (nSPS) is 15.0. The lowest BCUT2D eigenvalue weighted by Gasteiger charge is -2.11. The van der Waals surface area contributed by atoms with Gasteiger partial charge in [-0.05, 0) is 12.1 Å². The summed E-state index contributed by atoms with van der Waals surface area (Å²) in [6.07, 6.45) is 3.29. The maximum absolute atomic E-state index is 5.98. The van der Waals surface area contributed by atoms with Crippen LogP contribution in [-0.2, 0) is 0 Å². The van der Waals surface area contributed by atoms with Crippen molar-refractivity contribution in [1.29, 1.82) is 0 Å². The number of hydrazone groups is 1. The van der Waals surface area contributed by atoms with Crippen molar-refractivity contribution < 1.29 is 0 Å². The smallest absolute Gasteiger partial charge is 0.105 e. The molecule has 1 heterocycles. The molecule has 0 atom stereocenters. The summed E-state index contributed by atoms with van der Waals surface area (Å²) >= 11 is 12.0. The lowest BCUT2D eigenvalue weighted by molar-refractivity contribution is 0.354. The number of halogens is 2. The number of aliphatic imine (C=N–C) groups is 1. The van der Waals surface area contributed by atoms with Crippen LogP contribution >= 0.6 is 23.2 Å². The highest BCUT2D eigenvalue weighted by atomic mass is 35.5. The Hall–Kier alpha value is -1.26. The largest absolute Gasteiger partial charge is 0.272 e. The van der Waals surface area contributed by atoms with Crippen molar-refractivity contribution in [3.8, 4) is 0 Å². The van der Waals surface area contributed by atoms with E-state index in [4.69, 9.17) is 23.2 Å². The lowest BCUT2D eigenvalue weighted by atomic mass is 10.2. The Morgan fingerprint density at radius 2 is 2.12 bits per heavy atom. The summed E-state index contributed by atoms with van der Waals surface area (Å²) in [7, 11) is 0. The Balaban J connectivity index is 2.02. The SMILES string of the molecule is Clc1cccc(Cl)c1/C=N/NN1C=NCC1. The number of nitrogens with zero attached hydrogens (tertiary/aromatic N) is 3. The van der Waals surface area contributed by atoms with Gasteiger partial charge in [0.15, 0.2) is 0 Å². The van der Waals surface area contributed by atoms with Crippen LogP contribution in [0.5, 0.6) is 0 Å². The van der Waals surface area contributed by atoms with Crippen LogP contribution in [0.3, 0.4) is 0 Å². The van der Waals surface area contributed by atoms with Gasteiger partial charge in [0.1, 0.15) is 6.34 Å². The Kier molecular flexibility index (Phi) is 3.64. The summed E-state index contributed by atoms with van der Waals surface area (Å²) in [6.45, 7) is 1.60. The third kappa shape index (κ3) is 2.65. The molecule has 1 aliphatic rings. The average Bonchev–Trinajstić information content (AvgIpc) is 2.75. The zero-order valence-corrected chi connectivity index (χ0v) is 9.91. The van der Waals surface area contributed by atoms with E-state index in [2.05, 4.69) is 15.6 Å². The van der Waals surface area contributed by atoms with E-state index in [1.807, 2.05) is 0 Å². The van der Waals surface area contributed by atoms with E-state index in [-0.39, 0.29) is 0 Å². The molecule has 84 valence electrons. The maximum atomic E-state index is 5.98. The van der Waals surface area contributed by atoms with Gasteiger partial charge < -0.3 is 0 Å². The van der Waals surface area contributed by atoms with E-state index < -0.39 is 0 Å². The molecule has 1 N–H and O–H groups in total. The number of nitrogens with one attached hydrogen (secondary N) is 1. The van der Waals surface area contributed by atoms with Gasteiger partial charge in [-0.25, -0.2) is 5.53 Å². The van der Waals surface area contributed by atoms with Gasteiger partial charge in [0, 0.05) is 5.56 Å². The Morgan fingerprint density at radius 3 is 2.75 bits per heavy atom. The predicted molar refractivity (Wildman–Crippen MR) is 67.3 cm³/mol. The van der Waals surface area contributed by atoms with E-state index in [0.717, 1.165) is 13.1 Å².